The average Bonchev–Trinajstić information content (AvgIpc) is 3.00. The molecule has 0 radical (unpaired) electrons. The number of nitrogens with one attached hydrogen (secondary N) is 1. The normalized spacial score (nSPS) is 23.5. The van der Waals surface area contributed by atoms with Crippen LogP contribution >= 0.6 is 0 Å². The summed E-state index contributed by atoms with van der Waals surface area (Å²) in [5.74, 6) is 0.726. The summed E-state index contributed by atoms with van der Waals surface area (Å²) in [6, 6.07) is 19.9. The minimum absolute atomic E-state index is 0.0645. The lowest BCUT2D eigenvalue weighted by molar-refractivity contribution is -0.172. The van der Waals surface area contributed by atoms with Gasteiger partial charge in [0.15, 0.2) is 23.5 Å². The van der Waals surface area contributed by atoms with Crippen LogP contribution in [0.2, 0.25) is 0 Å². The molecule has 1 aliphatic rings. The van der Waals surface area contributed by atoms with Gasteiger partial charge in [0.25, 0.3) is 5.91 Å². The van der Waals surface area contributed by atoms with Gasteiger partial charge < -0.3 is 34.5 Å². The molecule has 1 saturated heterocycles. The summed E-state index contributed by atoms with van der Waals surface area (Å²) in [4.78, 5) is 16.9. The number of carbonyl (C=O) groups is 1. The van der Waals surface area contributed by atoms with Crippen LogP contribution in [0.5, 0.6) is 23.0 Å². The first kappa shape index (κ1) is 28.2. The number of aliphatic hydroxyl groups is 1. The van der Waals surface area contributed by atoms with Crippen molar-refractivity contribution < 1.29 is 34.0 Å². The molecule has 5 atom stereocenters. The van der Waals surface area contributed by atoms with Crippen LogP contribution < -0.4 is 19.5 Å². The monoisotopic (exact) mass is 536 g/mol. The second kappa shape index (κ2) is 13.8. The molecule has 0 saturated carbocycles. The quantitative estimate of drug-likeness (QED) is 0.370. The van der Waals surface area contributed by atoms with Gasteiger partial charge in [-0.1, -0.05) is 42.8 Å². The fourth-order valence-electron chi connectivity index (χ4n) is 4.83. The third-order valence-corrected chi connectivity index (χ3v) is 6.87. The van der Waals surface area contributed by atoms with E-state index in [2.05, 4.69) is 10.3 Å². The second-order valence-electron chi connectivity index (χ2n) is 9.56. The molecule has 2 aromatic carbocycles. The fraction of sp³-hybridized carbons (Fsp3) is 0.400. The number of ether oxygens (including phenoxy) is 4. The first-order chi connectivity index (χ1) is 19.0. The van der Waals surface area contributed by atoms with E-state index >= 15 is 0 Å². The molecule has 1 aliphatic heterocycles. The number of hydrogen-bond donors (Lipinski definition) is 3. The van der Waals surface area contributed by atoms with E-state index in [1.807, 2.05) is 67.6 Å². The summed E-state index contributed by atoms with van der Waals surface area (Å²) in [5, 5.41) is 24.1. The van der Waals surface area contributed by atoms with E-state index in [0.717, 1.165) is 18.6 Å². The predicted molar refractivity (Wildman–Crippen MR) is 145 cm³/mol. The van der Waals surface area contributed by atoms with Crippen LogP contribution in [-0.2, 0) is 4.74 Å². The third kappa shape index (κ3) is 7.61. The molecular formula is C30H36N2O7. The van der Waals surface area contributed by atoms with Gasteiger partial charge >= 0.3 is 0 Å². The van der Waals surface area contributed by atoms with Crippen molar-refractivity contribution in [2.75, 3.05) is 13.7 Å². The van der Waals surface area contributed by atoms with Crippen molar-refractivity contribution in [2.45, 2.75) is 57.1 Å². The number of para-hydroxylation sites is 2. The molecule has 0 spiro atoms. The number of amides is 1. The maximum atomic E-state index is 13.0. The van der Waals surface area contributed by atoms with Crippen molar-refractivity contribution in [3.63, 3.8) is 0 Å². The highest BCUT2D eigenvalue weighted by atomic mass is 16.6. The SMILES string of the molecule is COc1ccnc(C(=O)N[C@H]2CCC[C@H](CCOc3ccccc3)[C@@H](Oc3ccccc3)[C@H](C)OC2O)c1O. The fourth-order valence-corrected chi connectivity index (χ4v) is 4.83. The number of aliphatic hydroxyl groups excluding tert-OH is 1. The number of hydrogen-bond acceptors (Lipinski definition) is 8. The highest BCUT2D eigenvalue weighted by molar-refractivity contribution is 5.95. The Bertz CT molecular complexity index is 1180. The Labute approximate surface area is 228 Å². The van der Waals surface area contributed by atoms with E-state index in [1.165, 1.54) is 19.4 Å². The molecular weight excluding hydrogens is 500 g/mol. The first-order valence-corrected chi connectivity index (χ1v) is 13.2. The van der Waals surface area contributed by atoms with Crippen LogP contribution in [0.1, 0.15) is 43.1 Å². The first-order valence-electron chi connectivity index (χ1n) is 13.2. The molecule has 39 heavy (non-hydrogen) atoms. The smallest absolute Gasteiger partial charge is 0.274 e. The van der Waals surface area contributed by atoms with Gasteiger partial charge in [-0.2, -0.15) is 0 Å². The number of aromatic hydroxyl groups is 1. The second-order valence-corrected chi connectivity index (χ2v) is 9.56. The van der Waals surface area contributed by atoms with E-state index < -0.39 is 24.3 Å². The minimum atomic E-state index is -1.29. The summed E-state index contributed by atoms with van der Waals surface area (Å²) < 4.78 is 23.5. The maximum Gasteiger partial charge on any atom is 0.274 e. The van der Waals surface area contributed by atoms with Crippen molar-refractivity contribution in [3.05, 3.63) is 78.6 Å². The van der Waals surface area contributed by atoms with Crippen LogP contribution in [0.3, 0.4) is 0 Å². The van der Waals surface area contributed by atoms with E-state index in [-0.39, 0.29) is 29.2 Å². The molecule has 1 aromatic heterocycles. The van der Waals surface area contributed by atoms with Gasteiger partial charge in [0.1, 0.15) is 17.6 Å². The van der Waals surface area contributed by atoms with Crippen LogP contribution in [-0.4, -0.2) is 59.4 Å². The molecule has 0 bridgehead atoms. The average molecular weight is 537 g/mol. The number of rotatable bonds is 9. The number of methoxy groups -OCH3 is 1. The van der Waals surface area contributed by atoms with Gasteiger partial charge in [0.05, 0.1) is 25.9 Å². The van der Waals surface area contributed by atoms with Crippen molar-refractivity contribution >= 4 is 5.91 Å². The zero-order chi connectivity index (χ0) is 27.6. The van der Waals surface area contributed by atoms with Crippen LogP contribution in [0.25, 0.3) is 0 Å². The Hall–Kier alpha value is -3.82. The van der Waals surface area contributed by atoms with Gasteiger partial charge in [-0.05, 0) is 50.5 Å². The van der Waals surface area contributed by atoms with Gasteiger partial charge in [-0.3, -0.25) is 4.79 Å². The molecule has 9 heteroatoms. The van der Waals surface area contributed by atoms with Crippen molar-refractivity contribution in [3.8, 4) is 23.0 Å². The summed E-state index contributed by atoms with van der Waals surface area (Å²) in [5.41, 5.74) is -0.185. The van der Waals surface area contributed by atoms with E-state index in [9.17, 15) is 15.0 Å². The summed E-state index contributed by atoms with van der Waals surface area (Å²) in [7, 11) is 1.39. The third-order valence-electron chi connectivity index (χ3n) is 6.87. The largest absolute Gasteiger partial charge is 0.503 e. The van der Waals surface area contributed by atoms with Crippen LogP contribution in [0.15, 0.2) is 72.9 Å². The molecule has 2 heterocycles. The molecule has 4 rings (SSSR count). The Morgan fingerprint density at radius 2 is 1.74 bits per heavy atom. The van der Waals surface area contributed by atoms with Crippen LogP contribution in [0, 0.1) is 5.92 Å². The molecule has 208 valence electrons. The van der Waals surface area contributed by atoms with E-state index in [4.69, 9.17) is 18.9 Å². The summed E-state index contributed by atoms with van der Waals surface area (Å²) in [6.07, 6.45) is 1.86. The van der Waals surface area contributed by atoms with Crippen molar-refractivity contribution in [2.24, 2.45) is 5.92 Å². The van der Waals surface area contributed by atoms with Crippen LogP contribution in [0.4, 0.5) is 0 Å². The molecule has 3 aromatic rings. The van der Waals surface area contributed by atoms with Crippen molar-refractivity contribution in [1.29, 1.82) is 0 Å². The number of aromatic nitrogens is 1. The highest BCUT2D eigenvalue weighted by Crippen LogP contribution is 2.31. The molecule has 0 aliphatic carbocycles. The van der Waals surface area contributed by atoms with Crippen molar-refractivity contribution in [1.82, 2.24) is 10.3 Å². The number of carbonyl (C=O) groups excluding carboxylic acids is 1. The molecule has 3 N–H and O–H groups in total. The standard InChI is InChI=1S/C30H36N2O7/c1-20-28(39-23-13-7-4-8-14-23)21(17-19-37-22-11-5-3-6-12-22)10-9-15-24(30(35)38-20)32-29(34)26-27(33)25(36-2)16-18-31-26/h3-8,11-14,16,18,20-21,24,28,30,33,35H,9-10,15,17,19H2,1-2H3,(H,32,34)/t20-,21+,24-,28-,30?/m0/s1. The Morgan fingerprint density at radius 3 is 2.44 bits per heavy atom. The highest BCUT2D eigenvalue weighted by Gasteiger charge is 2.35. The van der Waals surface area contributed by atoms with Gasteiger partial charge in [-0.25, -0.2) is 4.98 Å². The van der Waals surface area contributed by atoms with Gasteiger partial charge in [0, 0.05) is 18.2 Å². The number of pyridine rings is 1. The Kier molecular flexibility index (Phi) is 9.99. The maximum absolute atomic E-state index is 13.0. The lowest BCUT2D eigenvalue weighted by Crippen LogP contribution is -2.47. The molecule has 1 unspecified atom stereocenters. The lowest BCUT2D eigenvalue weighted by atomic mass is 9.89. The van der Waals surface area contributed by atoms with Gasteiger partial charge in [0.2, 0.25) is 0 Å². The zero-order valence-corrected chi connectivity index (χ0v) is 22.2. The van der Waals surface area contributed by atoms with Gasteiger partial charge in [-0.15, -0.1) is 0 Å². The molecule has 1 amide bonds. The Balaban J connectivity index is 1.48. The minimum Gasteiger partial charge on any atom is -0.503 e. The van der Waals surface area contributed by atoms with E-state index in [0.29, 0.717) is 25.2 Å². The molecule has 1 fully saturated rings. The number of nitrogens with zero attached hydrogens (tertiary/aromatic N) is 1. The van der Waals surface area contributed by atoms with E-state index in [1.54, 1.807) is 0 Å². The predicted octanol–water partition coefficient (Wildman–Crippen LogP) is 4.33. The zero-order valence-electron chi connectivity index (χ0n) is 22.2. The summed E-state index contributed by atoms with van der Waals surface area (Å²) >= 11 is 0. The number of benzene rings is 2. The summed E-state index contributed by atoms with van der Waals surface area (Å²) in [6.45, 7) is 2.36. The Morgan fingerprint density at radius 1 is 1.05 bits per heavy atom. The topological polar surface area (TPSA) is 119 Å². The lowest BCUT2D eigenvalue weighted by Gasteiger charge is -2.33. The molecule has 9 nitrogen and oxygen atoms in total.